The molecule has 16 heavy (non-hydrogen) atoms. The summed E-state index contributed by atoms with van der Waals surface area (Å²) in [7, 11) is 1.67. The van der Waals surface area contributed by atoms with Crippen molar-refractivity contribution in [3.63, 3.8) is 0 Å². The molecule has 0 spiro atoms. The Morgan fingerprint density at radius 3 is 2.38 bits per heavy atom. The molecule has 0 fully saturated rings. The van der Waals surface area contributed by atoms with E-state index in [9.17, 15) is 4.79 Å². The molecule has 1 aromatic heterocycles. The fraction of sp³-hybridized carbons (Fsp3) is 0.100. The molecular weight excluding hydrogens is 272 g/mol. The van der Waals surface area contributed by atoms with Gasteiger partial charge in [-0.25, -0.2) is 4.79 Å². The van der Waals surface area contributed by atoms with Gasteiger partial charge in [0, 0.05) is 12.4 Å². The highest BCUT2D eigenvalue weighted by Crippen LogP contribution is 2.34. The lowest BCUT2D eigenvalue weighted by Crippen LogP contribution is -1.96. The Hall–Kier alpha value is -0.900. The second kappa shape index (κ2) is 3.84. The molecule has 0 radical (unpaired) electrons. The maximum absolute atomic E-state index is 11.1. The molecule has 1 heterocycles. The summed E-state index contributed by atoms with van der Waals surface area (Å²) in [5.74, 6) is -1.09. The van der Waals surface area contributed by atoms with Crippen molar-refractivity contribution in [2.75, 3.05) is 0 Å². The number of carboxylic acids is 1. The number of carboxylic acid groups (broad SMARTS) is 1. The number of aromatic carboxylic acids is 1. The summed E-state index contributed by atoms with van der Waals surface area (Å²) in [5.41, 5.74) is 0.675. The average molecular weight is 279 g/mol. The van der Waals surface area contributed by atoms with Crippen LogP contribution in [0.25, 0.3) is 10.9 Å². The van der Waals surface area contributed by atoms with E-state index in [2.05, 4.69) is 0 Å². The third-order valence-corrected chi connectivity index (χ3v) is 3.55. The summed E-state index contributed by atoms with van der Waals surface area (Å²) < 4.78 is 1.56. The highest BCUT2D eigenvalue weighted by molar-refractivity contribution is 6.43. The van der Waals surface area contributed by atoms with E-state index in [4.69, 9.17) is 39.9 Å². The van der Waals surface area contributed by atoms with Gasteiger partial charge >= 0.3 is 5.97 Å². The van der Waals surface area contributed by atoms with Crippen LogP contribution in [0.15, 0.2) is 12.1 Å². The lowest BCUT2D eigenvalue weighted by atomic mass is 10.2. The minimum atomic E-state index is -1.09. The van der Waals surface area contributed by atoms with Crippen molar-refractivity contribution in [1.82, 2.24) is 4.57 Å². The molecular formula is C10H6Cl3NO2. The minimum absolute atomic E-state index is 0.0396. The highest BCUT2D eigenvalue weighted by Gasteiger charge is 2.20. The molecule has 6 heteroatoms. The molecule has 2 aromatic rings. The summed E-state index contributed by atoms with van der Waals surface area (Å²) in [6.07, 6.45) is 0. The van der Waals surface area contributed by atoms with E-state index >= 15 is 0 Å². The average Bonchev–Trinajstić information content (AvgIpc) is 2.42. The Balaban J connectivity index is 2.97. The third-order valence-electron chi connectivity index (χ3n) is 2.38. The highest BCUT2D eigenvalue weighted by atomic mass is 35.5. The molecule has 0 bridgehead atoms. The first kappa shape index (κ1) is 11.6. The lowest BCUT2D eigenvalue weighted by molar-refractivity contribution is 0.0699. The standard InChI is InChI=1S/C10H6Cl3NO2/c1-14-7-3-6(12)5(11)2-4(7)8(9(14)13)10(15)16/h2-3H,1H3,(H,15,16). The maximum Gasteiger partial charge on any atom is 0.339 e. The van der Waals surface area contributed by atoms with E-state index in [-0.39, 0.29) is 10.7 Å². The summed E-state index contributed by atoms with van der Waals surface area (Å²) >= 11 is 17.6. The maximum atomic E-state index is 11.1. The molecule has 0 aliphatic heterocycles. The van der Waals surface area contributed by atoms with E-state index in [1.165, 1.54) is 6.07 Å². The molecule has 84 valence electrons. The number of rotatable bonds is 1. The molecule has 0 amide bonds. The molecule has 0 atom stereocenters. The van der Waals surface area contributed by atoms with Crippen molar-refractivity contribution in [1.29, 1.82) is 0 Å². The van der Waals surface area contributed by atoms with Crippen molar-refractivity contribution < 1.29 is 9.90 Å². The third kappa shape index (κ3) is 1.56. The van der Waals surface area contributed by atoms with E-state index in [0.717, 1.165) is 0 Å². The normalized spacial score (nSPS) is 11.0. The summed E-state index contributed by atoms with van der Waals surface area (Å²) in [4.78, 5) is 11.1. The van der Waals surface area contributed by atoms with Crippen LogP contribution in [0, 0.1) is 0 Å². The molecule has 1 N–H and O–H groups in total. The van der Waals surface area contributed by atoms with Crippen LogP contribution in [-0.4, -0.2) is 15.6 Å². The number of hydrogen-bond donors (Lipinski definition) is 1. The van der Waals surface area contributed by atoms with Crippen LogP contribution in [0.1, 0.15) is 10.4 Å². The van der Waals surface area contributed by atoms with Gasteiger partial charge < -0.3 is 9.67 Å². The predicted molar refractivity (Wildman–Crippen MR) is 64.9 cm³/mol. The number of nitrogens with zero attached hydrogens (tertiary/aromatic N) is 1. The van der Waals surface area contributed by atoms with Gasteiger partial charge in [-0.2, -0.15) is 0 Å². The number of fused-ring (bicyclic) bond motifs is 1. The number of aromatic nitrogens is 1. The van der Waals surface area contributed by atoms with Gasteiger partial charge in [0.25, 0.3) is 0 Å². The summed E-state index contributed by atoms with van der Waals surface area (Å²) in [5, 5.41) is 10.4. The van der Waals surface area contributed by atoms with E-state index < -0.39 is 5.97 Å². The molecule has 0 unspecified atom stereocenters. The fourth-order valence-electron chi connectivity index (χ4n) is 1.60. The van der Waals surface area contributed by atoms with Crippen LogP contribution in [0.3, 0.4) is 0 Å². The zero-order valence-corrected chi connectivity index (χ0v) is 10.4. The van der Waals surface area contributed by atoms with Crippen molar-refractivity contribution in [2.45, 2.75) is 0 Å². The van der Waals surface area contributed by atoms with Crippen LogP contribution in [0.5, 0.6) is 0 Å². The van der Waals surface area contributed by atoms with E-state index in [0.29, 0.717) is 20.9 Å². The second-order valence-corrected chi connectivity index (χ2v) is 4.49. The van der Waals surface area contributed by atoms with E-state index in [1.54, 1.807) is 17.7 Å². The summed E-state index contributed by atoms with van der Waals surface area (Å²) in [6, 6.07) is 3.10. The van der Waals surface area contributed by atoms with Crippen molar-refractivity contribution >= 4 is 51.7 Å². The Kier molecular flexibility index (Phi) is 2.78. The smallest absolute Gasteiger partial charge is 0.339 e. The van der Waals surface area contributed by atoms with E-state index in [1.807, 2.05) is 0 Å². The molecule has 2 rings (SSSR count). The fourth-order valence-corrected chi connectivity index (χ4v) is 2.20. The van der Waals surface area contributed by atoms with Gasteiger partial charge in [0.15, 0.2) is 0 Å². The number of halogens is 3. The van der Waals surface area contributed by atoms with Crippen molar-refractivity contribution in [3.8, 4) is 0 Å². The lowest BCUT2D eigenvalue weighted by Gasteiger charge is -1.99. The van der Waals surface area contributed by atoms with Crippen LogP contribution >= 0.6 is 34.8 Å². The summed E-state index contributed by atoms with van der Waals surface area (Å²) in [6.45, 7) is 0. The Morgan fingerprint density at radius 1 is 1.25 bits per heavy atom. The Bertz CT molecular complexity index is 604. The predicted octanol–water partition coefficient (Wildman–Crippen LogP) is 3.84. The van der Waals surface area contributed by atoms with Gasteiger partial charge in [-0.1, -0.05) is 34.8 Å². The number of carbonyl (C=O) groups is 1. The zero-order chi connectivity index (χ0) is 12.0. The zero-order valence-electron chi connectivity index (χ0n) is 8.09. The largest absolute Gasteiger partial charge is 0.478 e. The van der Waals surface area contributed by atoms with Crippen LogP contribution in [-0.2, 0) is 7.05 Å². The van der Waals surface area contributed by atoms with Gasteiger partial charge in [0.2, 0.25) is 0 Å². The number of aryl methyl sites for hydroxylation is 1. The van der Waals surface area contributed by atoms with Gasteiger partial charge in [0.1, 0.15) is 10.7 Å². The first-order valence-corrected chi connectivity index (χ1v) is 5.43. The first-order chi connectivity index (χ1) is 7.43. The van der Waals surface area contributed by atoms with Gasteiger partial charge in [-0.3, -0.25) is 0 Å². The monoisotopic (exact) mass is 277 g/mol. The van der Waals surface area contributed by atoms with Crippen LogP contribution in [0.4, 0.5) is 0 Å². The number of hydrogen-bond acceptors (Lipinski definition) is 1. The number of benzene rings is 1. The Morgan fingerprint density at radius 2 is 1.81 bits per heavy atom. The minimum Gasteiger partial charge on any atom is -0.478 e. The molecule has 0 aliphatic carbocycles. The first-order valence-electron chi connectivity index (χ1n) is 4.29. The van der Waals surface area contributed by atoms with Crippen LogP contribution < -0.4 is 0 Å². The van der Waals surface area contributed by atoms with Crippen molar-refractivity contribution in [3.05, 3.63) is 32.9 Å². The topological polar surface area (TPSA) is 42.2 Å². The second-order valence-electron chi connectivity index (χ2n) is 3.31. The molecule has 0 saturated heterocycles. The van der Waals surface area contributed by atoms with Gasteiger partial charge in [0.05, 0.1) is 15.6 Å². The Labute approximate surface area is 106 Å². The van der Waals surface area contributed by atoms with Gasteiger partial charge in [-0.05, 0) is 12.1 Å². The van der Waals surface area contributed by atoms with Crippen molar-refractivity contribution in [2.24, 2.45) is 7.05 Å². The molecule has 3 nitrogen and oxygen atoms in total. The SMILES string of the molecule is Cn1c(Cl)c(C(=O)O)c2cc(Cl)c(Cl)cc21. The molecule has 1 aromatic carbocycles. The quantitative estimate of drug-likeness (QED) is 0.861. The van der Waals surface area contributed by atoms with Crippen LogP contribution in [0.2, 0.25) is 15.2 Å². The molecule has 0 saturated carbocycles. The molecule has 0 aliphatic rings. The van der Waals surface area contributed by atoms with Gasteiger partial charge in [-0.15, -0.1) is 0 Å².